The van der Waals surface area contributed by atoms with Crippen LogP contribution in [0.4, 0.5) is 0 Å². The van der Waals surface area contributed by atoms with Crippen molar-refractivity contribution in [1.82, 2.24) is 10.0 Å². The fourth-order valence-electron chi connectivity index (χ4n) is 1.71. The lowest BCUT2D eigenvalue weighted by Crippen LogP contribution is -2.24. The molecule has 118 valence electrons. The lowest BCUT2D eigenvalue weighted by Gasteiger charge is -2.14. The van der Waals surface area contributed by atoms with Crippen LogP contribution >= 0.6 is 0 Å². The summed E-state index contributed by atoms with van der Waals surface area (Å²) in [6.07, 6.45) is 0. The van der Waals surface area contributed by atoms with E-state index in [1.165, 1.54) is 0 Å². The van der Waals surface area contributed by atoms with Crippen LogP contribution in [0.15, 0.2) is 34.8 Å². The third-order valence-corrected chi connectivity index (χ3v) is 2.62. The molecule has 1 rings (SSSR count). The summed E-state index contributed by atoms with van der Waals surface area (Å²) in [5.74, 6) is -2.34. The minimum atomic E-state index is -1.17. The Morgan fingerprint density at radius 1 is 0.818 bits per heavy atom. The summed E-state index contributed by atoms with van der Waals surface area (Å²) in [4.78, 5) is 42.0. The van der Waals surface area contributed by atoms with Crippen molar-refractivity contribution >= 4 is 11.9 Å². The molecule has 0 aromatic heterocycles. The number of carboxylic acid groups (broad SMARTS) is 2. The highest BCUT2D eigenvalue weighted by atomic mass is 16.4. The Bertz CT molecular complexity index is 498. The maximum atomic E-state index is 10.5. The standard InChI is InChI=1S/C12H14N4O6/c17-11(18)7-15(13-21)5-9-1-2-10(4-3-9)6-16(14-22)8-12(19)20/h1-4H,5-8H2,(H,17,18)(H,19,20). The zero-order valence-corrected chi connectivity index (χ0v) is 11.5. The van der Waals surface area contributed by atoms with Crippen molar-refractivity contribution < 1.29 is 19.8 Å². The van der Waals surface area contributed by atoms with E-state index in [0.717, 1.165) is 10.0 Å². The largest absolute Gasteiger partial charge is 0.480 e. The lowest BCUT2D eigenvalue weighted by atomic mass is 10.1. The van der Waals surface area contributed by atoms with Gasteiger partial charge in [0.15, 0.2) is 0 Å². The first-order chi connectivity index (χ1) is 10.4. The normalized spacial score (nSPS) is 9.82. The van der Waals surface area contributed by atoms with E-state index in [9.17, 15) is 19.4 Å². The Hall–Kier alpha value is -3.04. The van der Waals surface area contributed by atoms with Gasteiger partial charge in [-0.2, -0.15) is 0 Å². The molecule has 1 aromatic rings. The molecular weight excluding hydrogens is 296 g/mol. The van der Waals surface area contributed by atoms with Crippen molar-refractivity contribution in [1.29, 1.82) is 0 Å². The third-order valence-electron chi connectivity index (χ3n) is 2.62. The third kappa shape index (κ3) is 5.94. The van der Waals surface area contributed by atoms with Gasteiger partial charge < -0.3 is 10.2 Å². The number of aliphatic carboxylic acids is 2. The Balaban J connectivity index is 2.65. The minimum absolute atomic E-state index is 0.0286. The average molecular weight is 310 g/mol. The Kier molecular flexibility index (Phi) is 6.41. The summed E-state index contributed by atoms with van der Waals surface area (Å²) in [6.45, 7) is -0.957. The van der Waals surface area contributed by atoms with E-state index in [2.05, 4.69) is 10.6 Å². The quantitative estimate of drug-likeness (QED) is 0.478. The van der Waals surface area contributed by atoms with Gasteiger partial charge in [-0.25, -0.2) is 10.0 Å². The van der Waals surface area contributed by atoms with Crippen LogP contribution < -0.4 is 0 Å². The molecule has 0 radical (unpaired) electrons. The molecule has 0 heterocycles. The van der Waals surface area contributed by atoms with Crippen LogP contribution in [-0.2, 0) is 22.7 Å². The second-order valence-electron chi connectivity index (χ2n) is 4.41. The van der Waals surface area contributed by atoms with Crippen molar-refractivity contribution in [3.8, 4) is 0 Å². The monoisotopic (exact) mass is 310 g/mol. The first kappa shape index (κ1) is 17.0. The summed E-state index contributed by atoms with van der Waals surface area (Å²) >= 11 is 0. The van der Waals surface area contributed by atoms with E-state index in [1.807, 2.05) is 0 Å². The van der Waals surface area contributed by atoms with Gasteiger partial charge in [0, 0.05) is 0 Å². The smallest absolute Gasteiger partial charge is 0.325 e. The number of nitrogens with zero attached hydrogens (tertiary/aromatic N) is 4. The van der Waals surface area contributed by atoms with Crippen molar-refractivity contribution in [2.45, 2.75) is 13.1 Å². The Morgan fingerprint density at radius 2 is 1.14 bits per heavy atom. The highest BCUT2D eigenvalue weighted by Crippen LogP contribution is 2.10. The predicted octanol–water partition coefficient (Wildman–Crippen LogP) is 0.823. The zero-order valence-electron chi connectivity index (χ0n) is 11.5. The fraction of sp³-hybridized carbons (Fsp3) is 0.333. The van der Waals surface area contributed by atoms with E-state index in [1.54, 1.807) is 24.3 Å². The minimum Gasteiger partial charge on any atom is -0.480 e. The summed E-state index contributed by atoms with van der Waals surface area (Å²) < 4.78 is 0. The molecule has 0 amide bonds. The predicted molar refractivity (Wildman–Crippen MR) is 74.1 cm³/mol. The molecule has 10 nitrogen and oxygen atoms in total. The van der Waals surface area contributed by atoms with Crippen LogP contribution in [0, 0.1) is 9.81 Å². The summed E-state index contributed by atoms with van der Waals surface area (Å²) in [6, 6.07) is 6.50. The SMILES string of the molecule is O=NN(CC(=O)O)Cc1ccc(CN(CC(=O)O)N=O)cc1. The van der Waals surface area contributed by atoms with Crippen molar-refractivity contribution in [2.75, 3.05) is 13.1 Å². The molecule has 10 heteroatoms. The number of nitroso groups, excluding NO2 is 2. The molecule has 0 aliphatic carbocycles. The summed E-state index contributed by atoms with van der Waals surface area (Å²) in [5, 5.41) is 24.1. The molecule has 0 saturated heterocycles. The van der Waals surface area contributed by atoms with Gasteiger partial charge in [-0.15, -0.1) is 9.81 Å². The summed E-state index contributed by atoms with van der Waals surface area (Å²) in [5.41, 5.74) is 1.29. The van der Waals surface area contributed by atoms with E-state index >= 15 is 0 Å². The first-order valence-corrected chi connectivity index (χ1v) is 6.12. The molecule has 0 aliphatic rings. The van der Waals surface area contributed by atoms with Gasteiger partial charge in [0.1, 0.15) is 13.1 Å². The van der Waals surface area contributed by atoms with Crippen molar-refractivity contribution in [2.24, 2.45) is 10.6 Å². The lowest BCUT2D eigenvalue weighted by molar-refractivity contribution is -0.139. The van der Waals surface area contributed by atoms with Gasteiger partial charge in [0.2, 0.25) is 0 Å². The second kappa shape index (κ2) is 8.29. The van der Waals surface area contributed by atoms with Crippen molar-refractivity contribution in [3.63, 3.8) is 0 Å². The Morgan fingerprint density at radius 3 is 1.36 bits per heavy atom. The zero-order chi connectivity index (χ0) is 16.5. The van der Waals surface area contributed by atoms with E-state index in [0.29, 0.717) is 11.1 Å². The van der Waals surface area contributed by atoms with E-state index in [-0.39, 0.29) is 13.1 Å². The fourth-order valence-corrected chi connectivity index (χ4v) is 1.71. The molecule has 2 N–H and O–H groups in total. The van der Waals surface area contributed by atoms with Crippen LogP contribution in [0.2, 0.25) is 0 Å². The van der Waals surface area contributed by atoms with Crippen molar-refractivity contribution in [3.05, 3.63) is 45.2 Å². The maximum Gasteiger partial charge on any atom is 0.325 e. The Labute approximate surface area is 124 Å². The topological polar surface area (TPSA) is 140 Å². The number of carboxylic acids is 2. The highest BCUT2D eigenvalue weighted by molar-refractivity contribution is 5.69. The van der Waals surface area contributed by atoms with Crippen LogP contribution in [0.1, 0.15) is 11.1 Å². The molecule has 0 fully saturated rings. The van der Waals surface area contributed by atoms with Gasteiger partial charge in [-0.05, 0) is 11.1 Å². The van der Waals surface area contributed by atoms with Gasteiger partial charge in [-0.3, -0.25) is 9.59 Å². The van der Waals surface area contributed by atoms with Crippen LogP contribution in [0.3, 0.4) is 0 Å². The molecule has 0 saturated carbocycles. The molecular formula is C12H14N4O6. The average Bonchev–Trinajstić information content (AvgIpc) is 2.46. The molecule has 22 heavy (non-hydrogen) atoms. The molecule has 0 spiro atoms. The molecule has 0 unspecified atom stereocenters. The van der Waals surface area contributed by atoms with Crippen LogP contribution in [-0.4, -0.2) is 45.3 Å². The van der Waals surface area contributed by atoms with Gasteiger partial charge >= 0.3 is 11.9 Å². The number of benzene rings is 1. The first-order valence-electron chi connectivity index (χ1n) is 6.12. The molecule has 0 aliphatic heterocycles. The van der Waals surface area contributed by atoms with E-state index in [4.69, 9.17) is 10.2 Å². The number of rotatable bonds is 10. The van der Waals surface area contributed by atoms with E-state index < -0.39 is 25.0 Å². The molecule has 0 atom stereocenters. The van der Waals surface area contributed by atoms with Gasteiger partial charge in [-0.1, -0.05) is 24.3 Å². The van der Waals surface area contributed by atoms with Crippen LogP contribution in [0.5, 0.6) is 0 Å². The number of hydrogen-bond acceptors (Lipinski definition) is 6. The maximum absolute atomic E-state index is 10.5. The second-order valence-corrected chi connectivity index (χ2v) is 4.41. The molecule has 0 bridgehead atoms. The number of hydrogen-bond donors (Lipinski definition) is 2. The summed E-state index contributed by atoms with van der Waals surface area (Å²) in [7, 11) is 0. The van der Waals surface area contributed by atoms with Crippen LogP contribution in [0.25, 0.3) is 0 Å². The van der Waals surface area contributed by atoms with Gasteiger partial charge in [0.25, 0.3) is 0 Å². The van der Waals surface area contributed by atoms with Gasteiger partial charge in [0.05, 0.1) is 23.7 Å². The highest BCUT2D eigenvalue weighted by Gasteiger charge is 2.11. The molecule has 1 aromatic carbocycles. The number of carbonyl (C=O) groups is 2.